The van der Waals surface area contributed by atoms with E-state index in [9.17, 15) is 23.1 Å². The fourth-order valence-corrected chi connectivity index (χ4v) is 2.41. The number of hydrogen-bond donors (Lipinski definition) is 2. The van der Waals surface area contributed by atoms with Crippen LogP contribution in [0.15, 0.2) is 54.7 Å². The summed E-state index contributed by atoms with van der Waals surface area (Å²) in [5.74, 6) is -1.28. The predicted octanol–water partition coefficient (Wildman–Crippen LogP) is 4.70. The number of nitrogens with zero attached hydrogens (tertiary/aromatic N) is 1. The van der Waals surface area contributed by atoms with Crippen LogP contribution in [0.1, 0.15) is 15.9 Å². The van der Waals surface area contributed by atoms with Crippen molar-refractivity contribution in [2.45, 2.75) is 6.18 Å². The third kappa shape index (κ3) is 2.88. The van der Waals surface area contributed by atoms with Crippen LogP contribution in [0, 0.1) is 0 Å². The maximum Gasteiger partial charge on any atom is 0.418 e. The van der Waals surface area contributed by atoms with Crippen LogP contribution in [0.2, 0.25) is 0 Å². The van der Waals surface area contributed by atoms with E-state index >= 15 is 0 Å². The number of carboxylic acids is 1. The van der Waals surface area contributed by atoms with Crippen LogP contribution in [0.4, 0.5) is 24.5 Å². The predicted molar refractivity (Wildman–Crippen MR) is 83.4 cm³/mol. The van der Waals surface area contributed by atoms with Gasteiger partial charge >= 0.3 is 12.1 Å². The number of anilines is 2. The standard InChI is InChI=1S/C17H11F3N2O2/c18-17(19,20)13-8-4-7-11-14(22-10-5-2-1-3-6-10)12(16(23)24)9-21-15(11)13/h1-9H,(H,21,22)(H,23,24). The van der Waals surface area contributed by atoms with Gasteiger partial charge in [0.15, 0.2) is 0 Å². The zero-order chi connectivity index (χ0) is 17.3. The Morgan fingerprint density at radius 1 is 1.04 bits per heavy atom. The van der Waals surface area contributed by atoms with Crippen LogP contribution >= 0.6 is 0 Å². The third-order valence-electron chi connectivity index (χ3n) is 3.48. The number of hydrogen-bond acceptors (Lipinski definition) is 3. The van der Waals surface area contributed by atoms with Gasteiger partial charge in [0.25, 0.3) is 0 Å². The number of carboxylic acid groups (broad SMARTS) is 1. The van der Waals surface area contributed by atoms with E-state index in [1.54, 1.807) is 30.3 Å². The second-order valence-corrected chi connectivity index (χ2v) is 5.04. The molecule has 0 saturated heterocycles. The molecule has 0 fully saturated rings. The molecular weight excluding hydrogens is 321 g/mol. The van der Waals surface area contributed by atoms with Crippen molar-refractivity contribution in [2.75, 3.05) is 5.32 Å². The number of rotatable bonds is 3. The summed E-state index contributed by atoms with van der Waals surface area (Å²) in [7, 11) is 0. The maximum atomic E-state index is 13.2. The first-order valence-corrected chi connectivity index (χ1v) is 6.92. The highest BCUT2D eigenvalue weighted by Gasteiger charge is 2.33. The summed E-state index contributed by atoms with van der Waals surface area (Å²) in [4.78, 5) is 15.2. The van der Waals surface area contributed by atoms with E-state index in [1.807, 2.05) is 0 Å². The Kier molecular flexibility index (Phi) is 3.84. The lowest BCUT2D eigenvalue weighted by Gasteiger charge is -2.15. The monoisotopic (exact) mass is 332 g/mol. The Labute approximate surface area is 134 Å². The number of nitrogens with one attached hydrogen (secondary N) is 1. The first kappa shape index (κ1) is 15.8. The van der Waals surface area contributed by atoms with Crippen LogP contribution in [0.5, 0.6) is 0 Å². The van der Waals surface area contributed by atoms with E-state index in [-0.39, 0.29) is 22.2 Å². The van der Waals surface area contributed by atoms with Gasteiger partial charge < -0.3 is 10.4 Å². The number of para-hydroxylation sites is 2. The molecule has 24 heavy (non-hydrogen) atoms. The van der Waals surface area contributed by atoms with Gasteiger partial charge in [-0.2, -0.15) is 13.2 Å². The summed E-state index contributed by atoms with van der Waals surface area (Å²) in [6.07, 6.45) is -3.65. The zero-order valence-electron chi connectivity index (χ0n) is 12.1. The highest BCUT2D eigenvalue weighted by Crippen LogP contribution is 2.37. The average Bonchev–Trinajstić information content (AvgIpc) is 2.54. The molecule has 3 rings (SSSR count). The van der Waals surface area contributed by atoms with Crippen LogP contribution in [0.3, 0.4) is 0 Å². The Bertz CT molecular complexity index is 909. The van der Waals surface area contributed by atoms with Crippen molar-refractivity contribution in [3.05, 3.63) is 65.9 Å². The van der Waals surface area contributed by atoms with E-state index in [4.69, 9.17) is 0 Å². The van der Waals surface area contributed by atoms with Crippen molar-refractivity contribution in [3.8, 4) is 0 Å². The quantitative estimate of drug-likeness (QED) is 0.730. The number of benzene rings is 2. The van der Waals surface area contributed by atoms with Gasteiger partial charge in [-0.25, -0.2) is 4.79 Å². The molecule has 0 aliphatic rings. The summed E-state index contributed by atoms with van der Waals surface area (Å²) in [6, 6.07) is 12.2. The summed E-state index contributed by atoms with van der Waals surface area (Å²) in [5.41, 5.74) is -0.776. The third-order valence-corrected chi connectivity index (χ3v) is 3.48. The number of pyridine rings is 1. The molecule has 122 valence electrons. The van der Waals surface area contributed by atoms with Crippen molar-refractivity contribution >= 4 is 28.2 Å². The van der Waals surface area contributed by atoms with Crippen molar-refractivity contribution in [2.24, 2.45) is 0 Å². The molecule has 2 aromatic carbocycles. The second-order valence-electron chi connectivity index (χ2n) is 5.04. The number of carbonyl (C=O) groups is 1. The van der Waals surface area contributed by atoms with Crippen LogP contribution < -0.4 is 5.32 Å². The normalized spacial score (nSPS) is 11.5. The average molecular weight is 332 g/mol. The van der Waals surface area contributed by atoms with Gasteiger partial charge in [-0.05, 0) is 18.2 Å². The molecule has 0 radical (unpaired) electrons. The molecule has 3 aromatic rings. The first-order valence-electron chi connectivity index (χ1n) is 6.92. The smallest absolute Gasteiger partial charge is 0.418 e. The van der Waals surface area contributed by atoms with Crippen LogP contribution in [-0.4, -0.2) is 16.1 Å². The lowest BCUT2D eigenvalue weighted by molar-refractivity contribution is -0.136. The van der Waals surface area contributed by atoms with Gasteiger partial charge in [-0.15, -0.1) is 0 Å². The van der Waals surface area contributed by atoms with Crippen molar-refractivity contribution in [3.63, 3.8) is 0 Å². The highest BCUT2D eigenvalue weighted by atomic mass is 19.4. The van der Waals surface area contributed by atoms with E-state index in [1.165, 1.54) is 12.1 Å². The molecule has 0 unspecified atom stereocenters. The number of alkyl halides is 3. The molecule has 0 amide bonds. The number of aromatic nitrogens is 1. The largest absolute Gasteiger partial charge is 0.478 e. The van der Waals surface area contributed by atoms with Gasteiger partial charge in [0.05, 0.1) is 16.8 Å². The highest BCUT2D eigenvalue weighted by molar-refractivity contribution is 6.06. The molecule has 0 aliphatic heterocycles. The lowest BCUT2D eigenvalue weighted by atomic mass is 10.0. The number of fused-ring (bicyclic) bond motifs is 1. The molecule has 4 nitrogen and oxygen atoms in total. The molecule has 0 saturated carbocycles. The fraction of sp³-hybridized carbons (Fsp3) is 0.0588. The number of aromatic carboxylic acids is 1. The molecule has 1 heterocycles. The Balaban J connectivity index is 2.27. The van der Waals surface area contributed by atoms with Gasteiger partial charge in [-0.3, -0.25) is 4.98 Å². The van der Waals surface area contributed by atoms with E-state index in [0.29, 0.717) is 5.69 Å². The molecule has 7 heteroatoms. The summed E-state index contributed by atoms with van der Waals surface area (Å²) in [6.45, 7) is 0. The second kappa shape index (κ2) is 5.84. The molecule has 2 N–H and O–H groups in total. The van der Waals surface area contributed by atoms with Gasteiger partial charge in [0, 0.05) is 17.3 Å². The van der Waals surface area contributed by atoms with E-state index in [0.717, 1.165) is 12.3 Å². The maximum absolute atomic E-state index is 13.2. The molecule has 0 atom stereocenters. The minimum absolute atomic E-state index is 0.0739. The topological polar surface area (TPSA) is 62.2 Å². The minimum Gasteiger partial charge on any atom is -0.478 e. The van der Waals surface area contributed by atoms with E-state index < -0.39 is 17.7 Å². The van der Waals surface area contributed by atoms with Gasteiger partial charge in [0.1, 0.15) is 5.56 Å². The molecule has 0 bridgehead atoms. The SMILES string of the molecule is O=C(O)c1cnc2c(C(F)(F)F)cccc2c1Nc1ccccc1. The van der Waals surface area contributed by atoms with Crippen molar-refractivity contribution < 1.29 is 23.1 Å². The molecule has 1 aromatic heterocycles. The Hall–Kier alpha value is -3.09. The number of halogens is 3. The fourth-order valence-electron chi connectivity index (χ4n) is 2.41. The van der Waals surface area contributed by atoms with Crippen LogP contribution in [0.25, 0.3) is 10.9 Å². The Morgan fingerprint density at radius 3 is 2.38 bits per heavy atom. The lowest BCUT2D eigenvalue weighted by Crippen LogP contribution is -2.09. The minimum atomic E-state index is -4.58. The van der Waals surface area contributed by atoms with Gasteiger partial charge in [0.2, 0.25) is 0 Å². The van der Waals surface area contributed by atoms with Crippen LogP contribution in [-0.2, 0) is 6.18 Å². The van der Waals surface area contributed by atoms with Crippen molar-refractivity contribution in [1.29, 1.82) is 0 Å². The first-order chi connectivity index (χ1) is 11.4. The van der Waals surface area contributed by atoms with E-state index in [2.05, 4.69) is 10.3 Å². The van der Waals surface area contributed by atoms with Crippen molar-refractivity contribution in [1.82, 2.24) is 4.98 Å². The zero-order valence-corrected chi connectivity index (χ0v) is 12.1. The molecular formula is C17H11F3N2O2. The molecule has 0 aliphatic carbocycles. The summed E-state index contributed by atoms with van der Waals surface area (Å²) < 4.78 is 39.5. The van der Waals surface area contributed by atoms with Gasteiger partial charge in [-0.1, -0.05) is 30.3 Å². The summed E-state index contributed by atoms with van der Waals surface area (Å²) in [5, 5.41) is 12.3. The summed E-state index contributed by atoms with van der Waals surface area (Å²) >= 11 is 0. The Morgan fingerprint density at radius 2 is 1.75 bits per heavy atom. The molecule has 0 spiro atoms.